The minimum Gasteiger partial charge on any atom is -0.469 e. The predicted octanol–water partition coefficient (Wildman–Crippen LogP) is 2.48. The van der Waals surface area contributed by atoms with Gasteiger partial charge in [-0.3, -0.25) is 4.79 Å². The molecule has 3 heteroatoms. The standard InChI is InChI=1S/C14H19NO2/c1-10-4-5-12-11(9-14(16)17-3)6-7-15(2)13(12)8-10/h4-5,8,11H,6-7,9H2,1-3H3. The Morgan fingerprint density at radius 2 is 2.29 bits per heavy atom. The maximum Gasteiger partial charge on any atom is 0.306 e. The van der Waals surface area contributed by atoms with Gasteiger partial charge in [0.1, 0.15) is 0 Å². The zero-order valence-corrected chi connectivity index (χ0v) is 10.7. The molecule has 1 aliphatic heterocycles. The molecule has 0 bridgehead atoms. The fourth-order valence-electron chi connectivity index (χ4n) is 2.45. The lowest BCUT2D eigenvalue weighted by molar-refractivity contribution is -0.141. The van der Waals surface area contributed by atoms with Crippen molar-refractivity contribution in [1.82, 2.24) is 0 Å². The minimum atomic E-state index is -0.119. The normalized spacial score (nSPS) is 18.8. The number of esters is 1. The van der Waals surface area contributed by atoms with Crippen LogP contribution in [0.1, 0.15) is 29.9 Å². The van der Waals surface area contributed by atoms with Crippen molar-refractivity contribution < 1.29 is 9.53 Å². The Balaban J connectivity index is 2.29. The van der Waals surface area contributed by atoms with Crippen LogP contribution < -0.4 is 4.90 Å². The molecule has 17 heavy (non-hydrogen) atoms. The van der Waals surface area contributed by atoms with Crippen LogP contribution in [0.3, 0.4) is 0 Å². The molecule has 0 radical (unpaired) electrons. The molecule has 0 aromatic heterocycles. The van der Waals surface area contributed by atoms with Gasteiger partial charge in [0.25, 0.3) is 0 Å². The molecule has 1 atom stereocenters. The number of fused-ring (bicyclic) bond motifs is 1. The van der Waals surface area contributed by atoms with Crippen molar-refractivity contribution in [3.05, 3.63) is 29.3 Å². The van der Waals surface area contributed by atoms with Crippen LogP contribution in [-0.2, 0) is 9.53 Å². The highest BCUT2D eigenvalue weighted by molar-refractivity contribution is 5.72. The molecule has 0 fully saturated rings. The number of benzene rings is 1. The lowest BCUT2D eigenvalue weighted by atomic mass is 9.87. The molecular formula is C14H19NO2. The Hall–Kier alpha value is -1.51. The monoisotopic (exact) mass is 233 g/mol. The van der Waals surface area contributed by atoms with E-state index >= 15 is 0 Å². The van der Waals surface area contributed by atoms with Gasteiger partial charge in [-0.05, 0) is 36.5 Å². The quantitative estimate of drug-likeness (QED) is 0.735. The van der Waals surface area contributed by atoms with Crippen LogP contribution in [0.25, 0.3) is 0 Å². The third-order valence-corrected chi connectivity index (χ3v) is 3.49. The van der Waals surface area contributed by atoms with Crippen LogP contribution in [0.15, 0.2) is 18.2 Å². The number of carbonyl (C=O) groups excluding carboxylic acids is 1. The first-order chi connectivity index (χ1) is 8.11. The summed E-state index contributed by atoms with van der Waals surface area (Å²) < 4.78 is 4.77. The zero-order chi connectivity index (χ0) is 12.4. The number of hydrogen-bond donors (Lipinski definition) is 0. The Morgan fingerprint density at radius 3 is 3.00 bits per heavy atom. The summed E-state index contributed by atoms with van der Waals surface area (Å²) >= 11 is 0. The molecule has 1 aromatic carbocycles. The van der Waals surface area contributed by atoms with Gasteiger partial charge in [-0.15, -0.1) is 0 Å². The van der Waals surface area contributed by atoms with Gasteiger partial charge >= 0.3 is 5.97 Å². The van der Waals surface area contributed by atoms with Crippen molar-refractivity contribution in [3.8, 4) is 0 Å². The zero-order valence-electron chi connectivity index (χ0n) is 10.7. The number of hydrogen-bond acceptors (Lipinski definition) is 3. The number of rotatable bonds is 2. The van der Waals surface area contributed by atoms with Gasteiger partial charge in [0.2, 0.25) is 0 Å². The van der Waals surface area contributed by atoms with Crippen LogP contribution in [0, 0.1) is 6.92 Å². The number of carbonyl (C=O) groups is 1. The molecule has 0 saturated heterocycles. The van der Waals surface area contributed by atoms with E-state index in [0.29, 0.717) is 12.3 Å². The first kappa shape index (κ1) is 12.0. The highest BCUT2D eigenvalue weighted by Crippen LogP contribution is 2.37. The molecule has 1 aromatic rings. The summed E-state index contributed by atoms with van der Waals surface area (Å²) in [7, 11) is 3.56. The molecule has 3 nitrogen and oxygen atoms in total. The average molecular weight is 233 g/mol. The number of anilines is 1. The summed E-state index contributed by atoms with van der Waals surface area (Å²) in [5.41, 5.74) is 3.79. The highest BCUT2D eigenvalue weighted by Gasteiger charge is 2.25. The summed E-state index contributed by atoms with van der Waals surface area (Å²) in [4.78, 5) is 13.7. The lowest BCUT2D eigenvalue weighted by Gasteiger charge is -2.33. The minimum absolute atomic E-state index is 0.119. The summed E-state index contributed by atoms with van der Waals surface area (Å²) in [5, 5.41) is 0. The molecule has 2 rings (SSSR count). The van der Waals surface area contributed by atoms with E-state index in [1.807, 2.05) is 0 Å². The molecule has 1 unspecified atom stereocenters. The van der Waals surface area contributed by atoms with E-state index in [2.05, 4.69) is 37.1 Å². The second-order valence-electron chi connectivity index (χ2n) is 4.75. The summed E-state index contributed by atoms with van der Waals surface area (Å²) in [6.45, 7) is 3.09. The molecule has 1 aliphatic rings. The van der Waals surface area contributed by atoms with Crippen LogP contribution in [0.4, 0.5) is 5.69 Å². The number of aryl methyl sites for hydroxylation is 1. The van der Waals surface area contributed by atoms with E-state index in [-0.39, 0.29) is 5.97 Å². The van der Waals surface area contributed by atoms with Crippen LogP contribution in [0.2, 0.25) is 0 Å². The number of ether oxygens (including phenoxy) is 1. The van der Waals surface area contributed by atoms with E-state index in [1.54, 1.807) is 0 Å². The van der Waals surface area contributed by atoms with Gasteiger partial charge in [0.05, 0.1) is 13.5 Å². The van der Waals surface area contributed by atoms with Gasteiger partial charge in [-0.1, -0.05) is 12.1 Å². The second kappa shape index (κ2) is 4.78. The molecule has 92 valence electrons. The van der Waals surface area contributed by atoms with Crippen molar-refractivity contribution >= 4 is 11.7 Å². The largest absolute Gasteiger partial charge is 0.469 e. The van der Waals surface area contributed by atoms with E-state index in [1.165, 1.54) is 23.9 Å². The predicted molar refractivity (Wildman–Crippen MR) is 68.4 cm³/mol. The number of methoxy groups -OCH3 is 1. The fourth-order valence-corrected chi connectivity index (χ4v) is 2.45. The molecule has 1 heterocycles. The molecular weight excluding hydrogens is 214 g/mol. The average Bonchev–Trinajstić information content (AvgIpc) is 2.33. The Labute approximate surface area is 102 Å². The summed E-state index contributed by atoms with van der Waals surface area (Å²) in [6.07, 6.45) is 1.50. The molecule has 0 spiro atoms. The van der Waals surface area contributed by atoms with Gasteiger partial charge in [-0.25, -0.2) is 0 Å². The van der Waals surface area contributed by atoms with Crippen LogP contribution >= 0.6 is 0 Å². The smallest absolute Gasteiger partial charge is 0.306 e. The second-order valence-corrected chi connectivity index (χ2v) is 4.75. The lowest BCUT2D eigenvalue weighted by Crippen LogP contribution is -2.28. The van der Waals surface area contributed by atoms with E-state index < -0.39 is 0 Å². The van der Waals surface area contributed by atoms with Crippen molar-refractivity contribution in [1.29, 1.82) is 0 Å². The molecule has 0 saturated carbocycles. The van der Waals surface area contributed by atoms with Crippen molar-refractivity contribution in [2.45, 2.75) is 25.7 Å². The summed E-state index contributed by atoms with van der Waals surface area (Å²) in [6, 6.07) is 6.45. The molecule has 0 N–H and O–H groups in total. The Kier molecular flexibility index (Phi) is 3.36. The Bertz CT molecular complexity index is 428. The third kappa shape index (κ3) is 2.43. The summed E-state index contributed by atoms with van der Waals surface area (Å²) in [5.74, 6) is 0.181. The maximum atomic E-state index is 11.4. The van der Waals surface area contributed by atoms with Gasteiger partial charge in [0.15, 0.2) is 0 Å². The van der Waals surface area contributed by atoms with E-state index in [9.17, 15) is 4.79 Å². The van der Waals surface area contributed by atoms with Crippen LogP contribution in [0.5, 0.6) is 0 Å². The first-order valence-corrected chi connectivity index (χ1v) is 6.00. The van der Waals surface area contributed by atoms with Gasteiger partial charge in [-0.2, -0.15) is 0 Å². The fraction of sp³-hybridized carbons (Fsp3) is 0.500. The highest BCUT2D eigenvalue weighted by atomic mass is 16.5. The van der Waals surface area contributed by atoms with Crippen molar-refractivity contribution in [3.63, 3.8) is 0 Å². The third-order valence-electron chi connectivity index (χ3n) is 3.49. The molecule has 0 amide bonds. The SMILES string of the molecule is COC(=O)CC1CCN(C)c2cc(C)ccc21. The number of nitrogens with zero attached hydrogens (tertiary/aromatic N) is 1. The maximum absolute atomic E-state index is 11.4. The topological polar surface area (TPSA) is 29.5 Å². The Morgan fingerprint density at radius 1 is 1.53 bits per heavy atom. The van der Waals surface area contributed by atoms with Crippen molar-refractivity contribution in [2.24, 2.45) is 0 Å². The van der Waals surface area contributed by atoms with Gasteiger partial charge < -0.3 is 9.64 Å². The van der Waals surface area contributed by atoms with Gasteiger partial charge in [0, 0.05) is 19.3 Å². The van der Waals surface area contributed by atoms with E-state index in [4.69, 9.17) is 4.74 Å². The first-order valence-electron chi connectivity index (χ1n) is 6.00. The van der Waals surface area contributed by atoms with Crippen molar-refractivity contribution in [2.75, 3.05) is 25.6 Å². The van der Waals surface area contributed by atoms with E-state index in [0.717, 1.165) is 13.0 Å². The van der Waals surface area contributed by atoms with Crippen LogP contribution in [-0.4, -0.2) is 26.7 Å². The molecule has 0 aliphatic carbocycles.